The van der Waals surface area contributed by atoms with Crippen LogP contribution < -0.4 is 0 Å². The van der Waals surface area contributed by atoms with Crippen molar-refractivity contribution in [3.05, 3.63) is 35.9 Å². The Kier molecular flexibility index (Phi) is 13.4. The van der Waals surface area contributed by atoms with Crippen LogP contribution in [0.25, 0.3) is 0 Å². The summed E-state index contributed by atoms with van der Waals surface area (Å²) >= 11 is 0. The molecule has 159 valence electrons. The molecule has 3 radical (unpaired) electrons. The topological polar surface area (TPSA) is 55.4 Å². The van der Waals surface area contributed by atoms with Gasteiger partial charge in [0.25, 0.3) is 0 Å². The molecule has 0 aromatic heterocycles. The first-order chi connectivity index (χ1) is 13.6. The highest BCUT2D eigenvalue weighted by Gasteiger charge is 2.36. The fourth-order valence-corrected chi connectivity index (χ4v) is 7.26. The van der Waals surface area contributed by atoms with E-state index in [1.165, 1.54) is 5.56 Å². The second kappa shape index (κ2) is 14.6. The van der Waals surface area contributed by atoms with Crippen molar-refractivity contribution in [1.29, 1.82) is 0 Å². The predicted molar refractivity (Wildman–Crippen MR) is 116 cm³/mol. The summed E-state index contributed by atoms with van der Waals surface area (Å²) in [6.45, 7) is 0. The van der Waals surface area contributed by atoms with Gasteiger partial charge in [-0.15, -0.1) is 0 Å². The number of rotatable bonds is 16. The zero-order valence-electron chi connectivity index (χ0n) is 18.1. The van der Waals surface area contributed by atoms with Crippen molar-refractivity contribution in [2.24, 2.45) is 0 Å². The molecule has 6 nitrogen and oxygen atoms in total. The smallest absolute Gasteiger partial charge is 0.384 e. The summed E-state index contributed by atoms with van der Waals surface area (Å²) in [4.78, 5) is 0. The van der Waals surface area contributed by atoms with E-state index >= 15 is 0 Å². The van der Waals surface area contributed by atoms with Gasteiger partial charge in [0.15, 0.2) is 0 Å². The van der Waals surface area contributed by atoms with E-state index < -0.39 is 27.9 Å². The van der Waals surface area contributed by atoms with Crippen molar-refractivity contribution in [3.8, 4) is 0 Å². The predicted octanol–water partition coefficient (Wildman–Crippen LogP) is 3.44. The van der Waals surface area contributed by atoms with Crippen LogP contribution in [0.15, 0.2) is 30.3 Å². The van der Waals surface area contributed by atoms with Gasteiger partial charge in [0, 0.05) is 42.7 Å². The zero-order valence-corrected chi connectivity index (χ0v) is 21.1. The maximum atomic E-state index is 5.56. The molecule has 0 bridgehead atoms. The summed E-state index contributed by atoms with van der Waals surface area (Å²) in [5.41, 5.74) is 1.32. The molecule has 0 amide bonds. The second-order valence-corrected chi connectivity index (χ2v) is 12.7. The summed E-state index contributed by atoms with van der Waals surface area (Å²) in [5.74, 6) is 0. The van der Waals surface area contributed by atoms with E-state index in [1.807, 2.05) is 0 Å². The molecule has 9 heteroatoms. The van der Waals surface area contributed by atoms with E-state index in [2.05, 4.69) is 30.3 Å². The Labute approximate surface area is 176 Å². The van der Waals surface area contributed by atoms with E-state index in [4.69, 9.17) is 26.6 Å². The van der Waals surface area contributed by atoms with Crippen molar-refractivity contribution < 1.29 is 26.6 Å². The highest BCUT2D eigenvalue weighted by Crippen LogP contribution is 2.40. The first-order valence-electron chi connectivity index (χ1n) is 9.46. The molecule has 0 atom stereocenters. The van der Waals surface area contributed by atoms with Gasteiger partial charge >= 0.3 is 27.9 Å². The Hall–Kier alpha value is -0.369. The van der Waals surface area contributed by atoms with Crippen molar-refractivity contribution in [3.63, 3.8) is 0 Å². The molecule has 0 saturated carbocycles. The summed E-state index contributed by atoms with van der Waals surface area (Å²) in [7, 11) is 6.59. The number of hydrogen-bond donors (Lipinski definition) is 0. The Morgan fingerprint density at radius 2 is 0.893 bits per heavy atom. The van der Waals surface area contributed by atoms with E-state index in [-0.39, 0.29) is 5.41 Å². The van der Waals surface area contributed by atoms with E-state index in [0.29, 0.717) is 0 Å². The molecule has 0 fully saturated rings. The Morgan fingerprint density at radius 1 is 0.571 bits per heavy atom. The molecule has 28 heavy (non-hydrogen) atoms. The van der Waals surface area contributed by atoms with Crippen LogP contribution in [0.1, 0.15) is 24.8 Å². The second-order valence-electron chi connectivity index (χ2n) is 6.49. The molecule has 0 aliphatic heterocycles. The Bertz CT molecular complexity index is 455. The van der Waals surface area contributed by atoms with Crippen molar-refractivity contribution >= 4 is 27.9 Å². The van der Waals surface area contributed by atoms with Crippen LogP contribution in [0.4, 0.5) is 0 Å². The molecule has 0 unspecified atom stereocenters. The lowest BCUT2D eigenvalue weighted by Gasteiger charge is -2.36. The van der Waals surface area contributed by atoms with Crippen LogP contribution in [0.2, 0.25) is 18.1 Å². The van der Waals surface area contributed by atoms with Gasteiger partial charge in [-0.25, -0.2) is 0 Å². The summed E-state index contributed by atoms with van der Waals surface area (Å²) in [6.07, 6.45) is 2.95. The van der Waals surface area contributed by atoms with E-state index in [9.17, 15) is 0 Å². The van der Waals surface area contributed by atoms with Crippen LogP contribution in [-0.2, 0) is 32.0 Å². The lowest BCUT2D eigenvalue weighted by Crippen LogP contribution is -2.34. The molecule has 1 aromatic carbocycles. The van der Waals surface area contributed by atoms with Crippen LogP contribution in [0, 0.1) is 0 Å². The molecule has 0 saturated heterocycles. The van der Waals surface area contributed by atoms with Gasteiger partial charge in [0.2, 0.25) is 0 Å². The molecule has 0 aliphatic carbocycles. The van der Waals surface area contributed by atoms with Crippen LogP contribution >= 0.6 is 0 Å². The third-order valence-corrected chi connectivity index (χ3v) is 9.88. The molecule has 0 heterocycles. The standard InChI is InChI=1S/C19H35O6Si3/c1-20-26(21-2)15-12-19(13-16-27(22-3)23-4,14-17-28(24-5)25-6)18-10-8-7-9-11-18/h7-11H,12-17H2,1-6H3. The monoisotopic (exact) mass is 443 g/mol. The van der Waals surface area contributed by atoms with E-state index in [1.54, 1.807) is 42.7 Å². The molecule has 1 rings (SSSR count). The molecular formula is C19H35O6Si3. The maximum absolute atomic E-state index is 5.56. The number of hydrogen-bond acceptors (Lipinski definition) is 6. The van der Waals surface area contributed by atoms with Crippen LogP contribution in [0.3, 0.4) is 0 Å². The molecule has 0 N–H and O–H groups in total. The lowest BCUT2D eigenvalue weighted by molar-refractivity contribution is 0.250. The molecular weight excluding hydrogens is 408 g/mol. The zero-order chi connectivity index (χ0) is 20.8. The minimum atomic E-state index is -1.27. The minimum Gasteiger partial charge on any atom is -0.397 e. The van der Waals surface area contributed by atoms with Crippen LogP contribution in [0.5, 0.6) is 0 Å². The normalized spacial score (nSPS) is 12.5. The third-order valence-electron chi connectivity index (χ3n) is 5.18. The number of benzene rings is 1. The first kappa shape index (κ1) is 25.7. The van der Waals surface area contributed by atoms with Gasteiger partial charge in [-0.1, -0.05) is 30.3 Å². The average molecular weight is 444 g/mol. The molecule has 1 aromatic rings. The summed E-state index contributed by atoms with van der Waals surface area (Å²) in [6, 6.07) is 13.5. The van der Waals surface area contributed by atoms with Gasteiger partial charge in [-0.2, -0.15) is 0 Å². The fourth-order valence-electron chi connectivity index (χ4n) is 3.49. The summed E-state index contributed by atoms with van der Waals surface area (Å²) < 4.78 is 33.4. The lowest BCUT2D eigenvalue weighted by atomic mass is 9.73. The first-order valence-corrected chi connectivity index (χ1v) is 14.0. The highest BCUT2D eigenvalue weighted by atomic mass is 28.3. The van der Waals surface area contributed by atoms with Crippen molar-refractivity contribution in [1.82, 2.24) is 0 Å². The largest absolute Gasteiger partial charge is 0.397 e. The van der Waals surface area contributed by atoms with Gasteiger partial charge in [-0.05, 0) is 48.4 Å². The Morgan fingerprint density at radius 3 is 1.18 bits per heavy atom. The molecule has 0 aliphatic rings. The van der Waals surface area contributed by atoms with Gasteiger partial charge in [0.05, 0.1) is 0 Å². The van der Waals surface area contributed by atoms with Crippen molar-refractivity contribution in [2.45, 2.75) is 42.8 Å². The Balaban J connectivity index is 3.14. The summed E-state index contributed by atoms with van der Waals surface area (Å²) in [5, 5.41) is 0. The van der Waals surface area contributed by atoms with E-state index in [0.717, 1.165) is 37.4 Å². The van der Waals surface area contributed by atoms with Gasteiger partial charge in [-0.3, -0.25) is 0 Å². The van der Waals surface area contributed by atoms with Crippen molar-refractivity contribution in [2.75, 3.05) is 42.7 Å². The molecule has 0 spiro atoms. The SMILES string of the molecule is CO[Si](CCC(CC[Si](OC)OC)(CC[Si](OC)OC)c1ccccc1)OC. The maximum Gasteiger partial charge on any atom is 0.384 e. The highest BCUT2D eigenvalue weighted by molar-refractivity contribution is 6.45. The van der Waals surface area contributed by atoms with Gasteiger partial charge in [0.1, 0.15) is 0 Å². The van der Waals surface area contributed by atoms with Gasteiger partial charge < -0.3 is 26.6 Å². The minimum absolute atomic E-state index is 0.0197. The third kappa shape index (κ3) is 8.17. The quantitative estimate of drug-likeness (QED) is 0.365. The fraction of sp³-hybridized carbons (Fsp3) is 0.684. The average Bonchev–Trinajstić information content (AvgIpc) is 2.75. The van der Waals surface area contributed by atoms with Crippen LogP contribution in [-0.4, -0.2) is 70.5 Å².